The standard InChI is InChI=1S/C21H23N5O3/c27-21(15-4-2-1-3-5-15)28-11-16-8-9-17(29-16)26-13-25-18-19(22-10-14-6-7-14)23-12-24-20(18)26/h1-5,12-14,16-17H,6-11H2,(H,22,23,24)/t16-,17+/m0/s1. The average molecular weight is 393 g/mol. The van der Waals surface area contributed by atoms with E-state index in [4.69, 9.17) is 9.47 Å². The number of rotatable bonds is 7. The first-order valence-electron chi connectivity index (χ1n) is 10.1. The lowest BCUT2D eigenvalue weighted by atomic mass is 10.2. The van der Waals surface area contributed by atoms with Gasteiger partial charge in [0, 0.05) is 6.54 Å². The van der Waals surface area contributed by atoms with Gasteiger partial charge in [-0.2, -0.15) is 0 Å². The number of anilines is 1. The molecule has 150 valence electrons. The van der Waals surface area contributed by atoms with Crippen molar-refractivity contribution in [2.75, 3.05) is 18.5 Å². The summed E-state index contributed by atoms with van der Waals surface area (Å²) in [7, 11) is 0. The molecule has 1 N–H and O–H groups in total. The Balaban J connectivity index is 1.22. The van der Waals surface area contributed by atoms with Gasteiger partial charge in [0.2, 0.25) is 0 Å². The average Bonchev–Trinajstić information content (AvgIpc) is 3.30. The van der Waals surface area contributed by atoms with Gasteiger partial charge in [-0.05, 0) is 43.7 Å². The molecule has 2 fully saturated rings. The van der Waals surface area contributed by atoms with Crippen LogP contribution in [0.5, 0.6) is 0 Å². The third-order valence-corrected chi connectivity index (χ3v) is 5.42. The minimum atomic E-state index is -0.329. The molecule has 0 amide bonds. The van der Waals surface area contributed by atoms with E-state index in [1.54, 1.807) is 24.8 Å². The highest BCUT2D eigenvalue weighted by Gasteiger charge is 2.29. The first-order valence-corrected chi connectivity index (χ1v) is 10.1. The molecule has 1 aliphatic heterocycles. The predicted molar refractivity (Wildman–Crippen MR) is 106 cm³/mol. The molecule has 2 atom stereocenters. The number of nitrogens with one attached hydrogen (secondary N) is 1. The van der Waals surface area contributed by atoms with Crippen LogP contribution in [-0.4, -0.2) is 44.7 Å². The molecule has 1 aromatic carbocycles. The van der Waals surface area contributed by atoms with Crippen molar-refractivity contribution in [2.24, 2.45) is 5.92 Å². The molecule has 3 heterocycles. The second-order valence-electron chi connectivity index (χ2n) is 7.63. The van der Waals surface area contributed by atoms with Crippen LogP contribution in [0, 0.1) is 5.92 Å². The van der Waals surface area contributed by atoms with Crippen molar-refractivity contribution < 1.29 is 14.3 Å². The molecule has 2 aromatic heterocycles. The summed E-state index contributed by atoms with van der Waals surface area (Å²) in [6.07, 6.45) is 7.18. The molecule has 29 heavy (non-hydrogen) atoms. The molecule has 3 aromatic rings. The Bertz CT molecular complexity index is 1000. The van der Waals surface area contributed by atoms with Gasteiger partial charge in [-0.1, -0.05) is 18.2 Å². The Kier molecular flexibility index (Phi) is 4.85. The quantitative estimate of drug-likeness (QED) is 0.617. The molecule has 1 aliphatic carbocycles. The molecule has 1 saturated carbocycles. The van der Waals surface area contributed by atoms with E-state index in [1.165, 1.54) is 12.8 Å². The van der Waals surface area contributed by atoms with E-state index in [1.807, 2.05) is 22.8 Å². The summed E-state index contributed by atoms with van der Waals surface area (Å²) < 4.78 is 13.5. The highest BCUT2D eigenvalue weighted by molar-refractivity contribution is 5.89. The maximum atomic E-state index is 12.1. The lowest BCUT2D eigenvalue weighted by molar-refractivity contribution is -0.0309. The van der Waals surface area contributed by atoms with Gasteiger partial charge in [0.1, 0.15) is 19.2 Å². The minimum Gasteiger partial charge on any atom is -0.459 e. The SMILES string of the molecule is O=C(OC[C@@H]1CC[C@H](n2cnc3c(NCC4CC4)ncnc32)O1)c1ccccc1. The largest absolute Gasteiger partial charge is 0.459 e. The summed E-state index contributed by atoms with van der Waals surface area (Å²) in [5.74, 6) is 1.19. The summed E-state index contributed by atoms with van der Waals surface area (Å²) in [5, 5.41) is 3.39. The molecule has 1 saturated heterocycles. The van der Waals surface area contributed by atoms with Crippen molar-refractivity contribution in [3.05, 3.63) is 48.5 Å². The highest BCUT2D eigenvalue weighted by Crippen LogP contribution is 2.32. The van der Waals surface area contributed by atoms with Gasteiger partial charge in [-0.3, -0.25) is 4.57 Å². The second kappa shape index (κ2) is 7.79. The Labute approximate surface area is 168 Å². The molecule has 0 radical (unpaired) electrons. The Hall–Kier alpha value is -3.00. The van der Waals surface area contributed by atoms with E-state index in [0.717, 1.165) is 42.3 Å². The molecule has 2 aliphatic rings. The third kappa shape index (κ3) is 3.93. The number of imidazole rings is 1. The lowest BCUT2D eigenvalue weighted by Crippen LogP contribution is -2.19. The van der Waals surface area contributed by atoms with Crippen LogP contribution >= 0.6 is 0 Å². The molecule has 8 heteroatoms. The topological polar surface area (TPSA) is 91.2 Å². The maximum absolute atomic E-state index is 12.1. The number of esters is 1. The summed E-state index contributed by atoms with van der Waals surface area (Å²) in [5.41, 5.74) is 2.06. The maximum Gasteiger partial charge on any atom is 0.338 e. The highest BCUT2D eigenvalue weighted by atomic mass is 16.6. The van der Waals surface area contributed by atoms with E-state index >= 15 is 0 Å². The van der Waals surface area contributed by atoms with Gasteiger partial charge < -0.3 is 14.8 Å². The van der Waals surface area contributed by atoms with Crippen LogP contribution in [0.15, 0.2) is 43.0 Å². The number of benzene rings is 1. The first kappa shape index (κ1) is 18.1. The third-order valence-electron chi connectivity index (χ3n) is 5.42. The van der Waals surface area contributed by atoms with Crippen molar-refractivity contribution in [3.63, 3.8) is 0 Å². The number of hydrogen-bond donors (Lipinski definition) is 1. The summed E-state index contributed by atoms with van der Waals surface area (Å²) in [6, 6.07) is 8.99. The fraction of sp³-hybridized carbons (Fsp3) is 0.429. The van der Waals surface area contributed by atoms with Gasteiger partial charge in [-0.15, -0.1) is 0 Å². The van der Waals surface area contributed by atoms with Crippen LogP contribution < -0.4 is 5.32 Å². The second-order valence-corrected chi connectivity index (χ2v) is 7.63. The summed E-state index contributed by atoms with van der Waals surface area (Å²) in [6.45, 7) is 1.16. The Morgan fingerprint density at radius 2 is 2.00 bits per heavy atom. The zero-order valence-corrected chi connectivity index (χ0v) is 16.0. The van der Waals surface area contributed by atoms with Crippen LogP contribution in [0.2, 0.25) is 0 Å². The van der Waals surface area contributed by atoms with Gasteiger partial charge in [0.05, 0.1) is 18.0 Å². The Morgan fingerprint density at radius 3 is 2.83 bits per heavy atom. The number of ether oxygens (including phenoxy) is 2. The van der Waals surface area contributed by atoms with Crippen LogP contribution in [-0.2, 0) is 9.47 Å². The number of carbonyl (C=O) groups excluding carboxylic acids is 1. The van der Waals surface area contributed by atoms with Crippen LogP contribution in [0.3, 0.4) is 0 Å². The molecule has 8 nitrogen and oxygen atoms in total. The monoisotopic (exact) mass is 393 g/mol. The van der Waals surface area contributed by atoms with E-state index in [9.17, 15) is 4.79 Å². The number of hydrogen-bond acceptors (Lipinski definition) is 7. The van der Waals surface area contributed by atoms with Crippen molar-refractivity contribution in [3.8, 4) is 0 Å². The van der Waals surface area contributed by atoms with Gasteiger partial charge in [-0.25, -0.2) is 19.7 Å². The van der Waals surface area contributed by atoms with Gasteiger partial charge in [0.25, 0.3) is 0 Å². The number of carbonyl (C=O) groups is 1. The van der Waals surface area contributed by atoms with Gasteiger partial charge >= 0.3 is 5.97 Å². The molecule has 0 bridgehead atoms. The van der Waals surface area contributed by atoms with Crippen molar-refractivity contribution in [1.82, 2.24) is 19.5 Å². The van der Waals surface area contributed by atoms with E-state index < -0.39 is 0 Å². The first-order chi connectivity index (χ1) is 14.3. The lowest BCUT2D eigenvalue weighted by Gasteiger charge is -2.15. The minimum absolute atomic E-state index is 0.139. The van der Waals surface area contributed by atoms with Crippen molar-refractivity contribution >= 4 is 23.0 Å². The zero-order chi connectivity index (χ0) is 19.6. The fourth-order valence-corrected chi connectivity index (χ4v) is 3.60. The summed E-state index contributed by atoms with van der Waals surface area (Å²) >= 11 is 0. The smallest absolute Gasteiger partial charge is 0.338 e. The predicted octanol–water partition coefficient (Wildman–Crippen LogP) is 3.18. The van der Waals surface area contributed by atoms with Crippen LogP contribution in [0.4, 0.5) is 5.82 Å². The molecule has 5 rings (SSSR count). The van der Waals surface area contributed by atoms with Gasteiger partial charge in [0.15, 0.2) is 17.0 Å². The van der Waals surface area contributed by atoms with Crippen molar-refractivity contribution in [1.29, 1.82) is 0 Å². The number of fused-ring (bicyclic) bond motifs is 1. The van der Waals surface area contributed by atoms with Crippen LogP contribution in [0.1, 0.15) is 42.3 Å². The Morgan fingerprint density at radius 1 is 1.14 bits per heavy atom. The molecule has 0 unspecified atom stereocenters. The molecular formula is C21H23N5O3. The van der Waals surface area contributed by atoms with E-state index in [2.05, 4.69) is 20.3 Å². The van der Waals surface area contributed by atoms with Crippen molar-refractivity contribution in [2.45, 2.75) is 38.0 Å². The number of aromatic nitrogens is 4. The summed E-state index contributed by atoms with van der Waals surface area (Å²) in [4.78, 5) is 25.4. The normalized spacial score (nSPS) is 21.4. The van der Waals surface area contributed by atoms with E-state index in [0.29, 0.717) is 5.56 Å². The fourth-order valence-electron chi connectivity index (χ4n) is 3.60. The van der Waals surface area contributed by atoms with E-state index in [-0.39, 0.29) is 24.9 Å². The molecular weight excluding hydrogens is 370 g/mol. The molecule has 0 spiro atoms. The zero-order valence-electron chi connectivity index (χ0n) is 16.0. The number of nitrogens with zero attached hydrogens (tertiary/aromatic N) is 4. The van der Waals surface area contributed by atoms with Crippen LogP contribution in [0.25, 0.3) is 11.2 Å².